The summed E-state index contributed by atoms with van der Waals surface area (Å²) in [5.41, 5.74) is 1.78. The van der Waals surface area contributed by atoms with Crippen LogP contribution in [0.3, 0.4) is 0 Å². The highest BCUT2D eigenvalue weighted by atomic mass is 35.5. The van der Waals surface area contributed by atoms with E-state index in [9.17, 15) is 4.79 Å². The third-order valence-corrected chi connectivity index (χ3v) is 3.14. The highest BCUT2D eigenvalue weighted by molar-refractivity contribution is 6.18. The molecule has 0 N–H and O–H groups in total. The zero-order valence-electron chi connectivity index (χ0n) is 11.4. The average molecular weight is 300 g/mol. The van der Waals surface area contributed by atoms with Gasteiger partial charge in [0.25, 0.3) is 5.91 Å². The summed E-state index contributed by atoms with van der Waals surface area (Å²) in [6.07, 6.45) is 1.40. The summed E-state index contributed by atoms with van der Waals surface area (Å²) >= 11 is 5.78. The number of carbonyl (C=O) groups is 1. The predicted octanol–water partition coefficient (Wildman–Crippen LogP) is 2.83. The maximum Gasteiger partial charge on any atom is 0.272 e. The van der Waals surface area contributed by atoms with Crippen molar-refractivity contribution < 1.29 is 4.79 Å². The molecular formula is C16H14ClN3O. The Morgan fingerprint density at radius 3 is 2.57 bits per heavy atom. The van der Waals surface area contributed by atoms with Gasteiger partial charge in [-0.05, 0) is 17.7 Å². The second-order valence-corrected chi connectivity index (χ2v) is 4.82. The van der Waals surface area contributed by atoms with Crippen molar-refractivity contribution in [3.8, 4) is 6.07 Å². The lowest BCUT2D eigenvalue weighted by atomic mass is 10.2. The number of hydrogen-bond donors (Lipinski definition) is 0. The quantitative estimate of drug-likeness (QED) is 0.798. The number of carbonyl (C=O) groups excluding carboxylic acids is 1. The number of halogens is 1. The third kappa shape index (κ3) is 4.04. The zero-order chi connectivity index (χ0) is 15.1. The topological polar surface area (TPSA) is 57.0 Å². The first-order valence-corrected chi connectivity index (χ1v) is 7.03. The predicted molar refractivity (Wildman–Crippen MR) is 80.9 cm³/mol. The number of nitrogens with zero attached hydrogens (tertiary/aromatic N) is 3. The molecule has 0 saturated carbocycles. The first-order chi connectivity index (χ1) is 10.2. The standard InChI is InChI=1S/C16H14ClN3O/c17-8-9-20(12-13-4-2-1-3-5-13)16(21)15-7-6-14(10-18)11-19-15/h1-7,11H,8-9,12H2. The number of amides is 1. The van der Waals surface area contributed by atoms with Gasteiger partial charge < -0.3 is 4.90 Å². The Bertz CT molecular complexity index is 635. The van der Waals surface area contributed by atoms with E-state index in [-0.39, 0.29) is 5.91 Å². The molecule has 0 bridgehead atoms. The Kier molecular flexibility index (Phi) is 5.30. The molecule has 1 amide bonds. The second kappa shape index (κ2) is 7.41. The molecule has 5 heteroatoms. The smallest absolute Gasteiger partial charge is 0.272 e. The van der Waals surface area contributed by atoms with Crippen molar-refractivity contribution in [1.29, 1.82) is 5.26 Å². The molecule has 1 aromatic heterocycles. The van der Waals surface area contributed by atoms with Crippen molar-refractivity contribution in [3.63, 3.8) is 0 Å². The van der Waals surface area contributed by atoms with Gasteiger partial charge in [0.1, 0.15) is 11.8 Å². The minimum Gasteiger partial charge on any atom is -0.332 e. The molecule has 0 fully saturated rings. The van der Waals surface area contributed by atoms with Crippen molar-refractivity contribution in [1.82, 2.24) is 9.88 Å². The molecule has 0 aliphatic heterocycles. The van der Waals surface area contributed by atoms with Gasteiger partial charge in [-0.15, -0.1) is 11.6 Å². The Labute approximate surface area is 128 Å². The normalized spacial score (nSPS) is 9.90. The van der Waals surface area contributed by atoms with Crippen LogP contribution in [0.4, 0.5) is 0 Å². The van der Waals surface area contributed by atoms with Crippen molar-refractivity contribution in [3.05, 3.63) is 65.5 Å². The maximum absolute atomic E-state index is 12.5. The molecule has 106 valence electrons. The number of pyridine rings is 1. The van der Waals surface area contributed by atoms with E-state index in [0.29, 0.717) is 30.2 Å². The highest BCUT2D eigenvalue weighted by Crippen LogP contribution is 2.09. The molecule has 2 aromatic rings. The van der Waals surface area contributed by atoms with Crippen LogP contribution in [0.2, 0.25) is 0 Å². The summed E-state index contributed by atoms with van der Waals surface area (Å²) in [6.45, 7) is 0.922. The monoisotopic (exact) mass is 299 g/mol. The molecule has 2 rings (SSSR count). The maximum atomic E-state index is 12.5. The van der Waals surface area contributed by atoms with Gasteiger partial charge in [0.15, 0.2) is 0 Å². The Morgan fingerprint density at radius 1 is 1.24 bits per heavy atom. The van der Waals surface area contributed by atoms with Gasteiger partial charge in [0.05, 0.1) is 5.56 Å². The molecule has 21 heavy (non-hydrogen) atoms. The van der Waals surface area contributed by atoms with Gasteiger partial charge in [-0.25, -0.2) is 4.98 Å². The first kappa shape index (κ1) is 15.0. The number of benzene rings is 1. The van der Waals surface area contributed by atoms with E-state index in [1.165, 1.54) is 6.20 Å². The fraction of sp³-hybridized carbons (Fsp3) is 0.188. The van der Waals surface area contributed by atoms with Crippen molar-refractivity contribution in [2.24, 2.45) is 0 Å². The molecule has 0 aliphatic rings. The van der Waals surface area contributed by atoms with Gasteiger partial charge in [0, 0.05) is 25.2 Å². The summed E-state index contributed by atoms with van der Waals surface area (Å²) in [5, 5.41) is 8.75. The van der Waals surface area contributed by atoms with E-state index in [2.05, 4.69) is 4.98 Å². The molecule has 0 aliphatic carbocycles. The number of hydrogen-bond acceptors (Lipinski definition) is 3. The van der Waals surface area contributed by atoms with Crippen molar-refractivity contribution >= 4 is 17.5 Å². The van der Waals surface area contributed by atoms with Crippen LogP contribution in [0.25, 0.3) is 0 Å². The van der Waals surface area contributed by atoms with Crippen LogP contribution in [0.15, 0.2) is 48.7 Å². The number of aromatic nitrogens is 1. The minimum absolute atomic E-state index is 0.191. The minimum atomic E-state index is -0.191. The average Bonchev–Trinajstić information content (AvgIpc) is 2.55. The van der Waals surface area contributed by atoms with Crippen LogP contribution in [-0.2, 0) is 6.54 Å². The van der Waals surface area contributed by atoms with Crippen molar-refractivity contribution in [2.75, 3.05) is 12.4 Å². The Hall–Kier alpha value is -2.38. The van der Waals surface area contributed by atoms with Crippen LogP contribution >= 0.6 is 11.6 Å². The van der Waals surface area contributed by atoms with Gasteiger partial charge in [-0.2, -0.15) is 5.26 Å². The highest BCUT2D eigenvalue weighted by Gasteiger charge is 2.16. The fourth-order valence-electron chi connectivity index (χ4n) is 1.91. The summed E-state index contributed by atoms with van der Waals surface area (Å²) in [7, 11) is 0. The molecular weight excluding hydrogens is 286 g/mol. The molecule has 0 saturated heterocycles. The van der Waals surface area contributed by atoms with Gasteiger partial charge in [0.2, 0.25) is 0 Å². The summed E-state index contributed by atoms with van der Waals surface area (Å²) in [4.78, 5) is 18.1. The van der Waals surface area contributed by atoms with Crippen LogP contribution in [0.5, 0.6) is 0 Å². The largest absolute Gasteiger partial charge is 0.332 e. The molecule has 1 aromatic carbocycles. The van der Waals surface area contributed by atoms with Gasteiger partial charge >= 0.3 is 0 Å². The summed E-state index contributed by atoms with van der Waals surface area (Å²) < 4.78 is 0. The molecule has 0 radical (unpaired) electrons. The lowest BCUT2D eigenvalue weighted by Crippen LogP contribution is -2.32. The molecule has 0 atom stereocenters. The molecule has 0 unspecified atom stereocenters. The van der Waals surface area contributed by atoms with E-state index in [4.69, 9.17) is 16.9 Å². The van der Waals surface area contributed by atoms with E-state index in [0.717, 1.165) is 5.56 Å². The Morgan fingerprint density at radius 2 is 2.00 bits per heavy atom. The summed E-state index contributed by atoms with van der Waals surface area (Å²) in [5.74, 6) is 0.165. The number of alkyl halides is 1. The van der Waals surface area contributed by atoms with Crippen LogP contribution in [0.1, 0.15) is 21.6 Å². The van der Waals surface area contributed by atoms with Crippen molar-refractivity contribution in [2.45, 2.75) is 6.54 Å². The number of nitriles is 1. The van der Waals surface area contributed by atoms with Gasteiger partial charge in [-0.3, -0.25) is 4.79 Å². The SMILES string of the molecule is N#Cc1ccc(C(=O)N(CCCl)Cc2ccccc2)nc1. The zero-order valence-corrected chi connectivity index (χ0v) is 12.1. The van der Waals surface area contributed by atoms with Gasteiger partial charge in [-0.1, -0.05) is 30.3 Å². The molecule has 4 nitrogen and oxygen atoms in total. The summed E-state index contributed by atoms with van der Waals surface area (Å²) in [6, 6.07) is 14.8. The van der Waals surface area contributed by atoms with Crippen LogP contribution in [-0.4, -0.2) is 28.2 Å². The van der Waals surface area contributed by atoms with Crippen LogP contribution in [0, 0.1) is 11.3 Å². The van der Waals surface area contributed by atoms with E-state index in [1.807, 2.05) is 36.4 Å². The van der Waals surface area contributed by atoms with Crippen LogP contribution < -0.4 is 0 Å². The number of rotatable bonds is 5. The molecule has 0 spiro atoms. The third-order valence-electron chi connectivity index (χ3n) is 2.97. The first-order valence-electron chi connectivity index (χ1n) is 6.50. The lowest BCUT2D eigenvalue weighted by molar-refractivity contribution is 0.0748. The van der Waals surface area contributed by atoms with E-state index in [1.54, 1.807) is 17.0 Å². The van der Waals surface area contributed by atoms with E-state index < -0.39 is 0 Å². The van der Waals surface area contributed by atoms with E-state index >= 15 is 0 Å². The lowest BCUT2D eigenvalue weighted by Gasteiger charge is -2.21. The molecule has 1 heterocycles. The fourth-order valence-corrected chi connectivity index (χ4v) is 2.11. The Balaban J connectivity index is 2.16. The second-order valence-electron chi connectivity index (χ2n) is 4.45.